The van der Waals surface area contributed by atoms with E-state index in [-0.39, 0.29) is 11.9 Å². The number of piperidine rings is 1. The molecule has 8 nitrogen and oxygen atoms in total. The third-order valence-electron chi connectivity index (χ3n) is 4.91. The Morgan fingerprint density at radius 1 is 1.21 bits per heavy atom. The summed E-state index contributed by atoms with van der Waals surface area (Å²) in [5.41, 5.74) is 0.783. The second-order valence-electron chi connectivity index (χ2n) is 8.39. The van der Waals surface area contributed by atoms with Crippen molar-refractivity contribution in [3.05, 3.63) is 34.8 Å². The molecule has 0 spiro atoms. The van der Waals surface area contributed by atoms with Crippen LogP contribution < -0.4 is 11.1 Å². The highest BCUT2D eigenvalue weighted by Crippen LogP contribution is 2.15. The van der Waals surface area contributed by atoms with E-state index in [4.69, 9.17) is 9.15 Å². The normalized spacial score (nSPS) is 15.5. The van der Waals surface area contributed by atoms with Gasteiger partial charge in [0.25, 0.3) is 0 Å². The van der Waals surface area contributed by atoms with E-state index in [1.165, 1.54) is 0 Å². The van der Waals surface area contributed by atoms with Crippen LogP contribution >= 0.6 is 0 Å². The number of carbonyl (C=O) groups is 2. The van der Waals surface area contributed by atoms with Crippen LogP contribution in [0.5, 0.6) is 0 Å². The van der Waals surface area contributed by atoms with Crippen LogP contribution in [0.3, 0.4) is 0 Å². The molecule has 1 saturated heterocycles. The molecule has 1 aliphatic rings. The van der Waals surface area contributed by atoms with E-state index in [0.29, 0.717) is 50.9 Å². The van der Waals surface area contributed by atoms with Gasteiger partial charge < -0.3 is 19.4 Å². The topological polar surface area (TPSA) is 93.8 Å². The van der Waals surface area contributed by atoms with Crippen LogP contribution in [0, 0.1) is 0 Å². The van der Waals surface area contributed by atoms with Gasteiger partial charge in [0.1, 0.15) is 5.60 Å². The molecule has 2 aromatic rings. The molecule has 29 heavy (non-hydrogen) atoms. The maximum Gasteiger partial charge on any atom is 0.419 e. The molecule has 8 heteroatoms. The first-order valence-corrected chi connectivity index (χ1v) is 10.1. The summed E-state index contributed by atoms with van der Waals surface area (Å²) in [6.45, 7) is 7.14. The monoisotopic (exact) mass is 403 g/mol. The second-order valence-corrected chi connectivity index (χ2v) is 8.39. The molecular formula is C21H29N3O5. The minimum Gasteiger partial charge on any atom is -0.444 e. The number of amides is 2. The van der Waals surface area contributed by atoms with Crippen molar-refractivity contribution in [1.29, 1.82) is 0 Å². The maximum absolute atomic E-state index is 12.5. The highest BCUT2D eigenvalue weighted by Gasteiger charge is 2.25. The van der Waals surface area contributed by atoms with Gasteiger partial charge in [-0.15, -0.1) is 0 Å². The molecule has 0 bridgehead atoms. The van der Waals surface area contributed by atoms with Crippen molar-refractivity contribution in [2.24, 2.45) is 0 Å². The van der Waals surface area contributed by atoms with Crippen molar-refractivity contribution in [3.8, 4) is 0 Å². The van der Waals surface area contributed by atoms with Crippen molar-refractivity contribution < 1.29 is 18.7 Å². The summed E-state index contributed by atoms with van der Waals surface area (Å²) in [6, 6.07) is 7.29. The lowest BCUT2D eigenvalue weighted by atomic mass is 10.0. The van der Waals surface area contributed by atoms with Crippen LogP contribution in [0.15, 0.2) is 33.5 Å². The predicted octanol–water partition coefficient (Wildman–Crippen LogP) is 2.89. The van der Waals surface area contributed by atoms with Crippen LogP contribution in [-0.2, 0) is 16.1 Å². The summed E-state index contributed by atoms with van der Waals surface area (Å²) in [6.07, 6.45) is 1.93. The number of aromatic nitrogens is 1. The van der Waals surface area contributed by atoms with Gasteiger partial charge >= 0.3 is 11.8 Å². The zero-order valence-corrected chi connectivity index (χ0v) is 17.3. The van der Waals surface area contributed by atoms with Gasteiger partial charge in [-0.2, -0.15) is 0 Å². The Balaban J connectivity index is 1.42. The molecule has 0 saturated carbocycles. The number of nitrogens with zero attached hydrogens (tertiary/aromatic N) is 2. The van der Waals surface area contributed by atoms with E-state index >= 15 is 0 Å². The fourth-order valence-electron chi connectivity index (χ4n) is 3.52. The lowest BCUT2D eigenvalue weighted by Crippen LogP contribution is -2.47. The molecule has 0 aliphatic carbocycles. The lowest BCUT2D eigenvalue weighted by Gasteiger charge is -2.33. The standard InChI is InChI=1S/C21H29N3O5/c1-21(2,3)29-19(26)22-15-10-13-23(14-11-15)18(25)9-6-12-24-16-7-4-5-8-17(16)28-20(24)27/h4-5,7-8,15H,6,9-14H2,1-3H3,(H,22,26). The summed E-state index contributed by atoms with van der Waals surface area (Å²) in [7, 11) is 0. The molecule has 1 aliphatic heterocycles. The van der Waals surface area contributed by atoms with Crippen molar-refractivity contribution in [2.45, 2.75) is 64.6 Å². The first-order chi connectivity index (χ1) is 13.7. The minimum atomic E-state index is -0.525. The summed E-state index contributed by atoms with van der Waals surface area (Å²) in [4.78, 5) is 38.2. The molecule has 1 aromatic carbocycles. The smallest absolute Gasteiger partial charge is 0.419 e. The molecule has 158 valence electrons. The largest absolute Gasteiger partial charge is 0.444 e. The van der Waals surface area contributed by atoms with Crippen molar-refractivity contribution >= 4 is 23.1 Å². The fourth-order valence-corrected chi connectivity index (χ4v) is 3.52. The molecule has 1 fully saturated rings. The lowest BCUT2D eigenvalue weighted by molar-refractivity contribution is -0.132. The van der Waals surface area contributed by atoms with Gasteiger partial charge in [0.2, 0.25) is 5.91 Å². The third kappa shape index (κ3) is 5.62. The van der Waals surface area contributed by atoms with Gasteiger partial charge in [-0.1, -0.05) is 12.1 Å². The molecular weight excluding hydrogens is 374 g/mol. The summed E-state index contributed by atoms with van der Waals surface area (Å²) >= 11 is 0. The van der Waals surface area contributed by atoms with Gasteiger partial charge in [0.15, 0.2) is 5.58 Å². The van der Waals surface area contributed by atoms with Gasteiger partial charge in [0, 0.05) is 32.1 Å². The molecule has 0 atom stereocenters. The Morgan fingerprint density at radius 2 is 1.90 bits per heavy atom. The number of fused-ring (bicyclic) bond motifs is 1. The number of ether oxygens (including phenoxy) is 1. The third-order valence-corrected chi connectivity index (χ3v) is 4.91. The van der Waals surface area contributed by atoms with E-state index in [1.54, 1.807) is 10.6 Å². The summed E-state index contributed by atoms with van der Waals surface area (Å²) < 4.78 is 12.1. The zero-order chi connectivity index (χ0) is 21.0. The second kappa shape index (κ2) is 8.71. The Kier molecular flexibility index (Phi) is 6.30. The van der Waals surface area contributed by atoms with Gasteiger partial charge in [0.05, 0.1) is 5.52 Å². The number of rotatable bonds is 5. The van der Waals surface area contributed by atoms with E-state index < -0.39 is 17.5 Å². The minimum absolute atomic E-state index is 0.0183. The molecule has 0 unspecified atom stereocenters. The highest BCUT2D eigenvalue weighted by atomic mass is 16.6. The first kappa shape index (κ1) is 21.0. The quantitative estimate of drug-likeness (QED) is 0.828. The van der Waals surface area contributed by atoms with Crippen LogP contribution in [0.1, 0.15) is 46.5 Å². The fraction of sp³-hybridized carbons (Fsp3) is 0.571. The number of oxazole rings is 1. The zero-order valence-electron chi connectivity index (χ0n) is 17.3. The van der Waals surface area contributed by atoms with E-state index in [2.05, 4.69) is 5.32 Å². The number of benzene rings is 1. The van der Waals surface area contributed by atoms with Crippen LogP contribution in [0.4, 0.5) is 4.79 Å². The number of nitrogens with one attached hydrogen (secondary N) is 1. The molecule has 0 radical (unpaired) electrons. The molecule has 3 rings (SSSR count). The number of hydrogen-bond acceptors (Lipinski definition) is 5. The van der Waals surface area contributed by atoms with Crippen molar-refractivity contribution in [2.75, 3.05) is 13.1 Å². The van der Waals surface area contributed by atoms with E-state index in [1.807, 2.05) is 43.9 Å². The molecule has 2 heterocycles. The number of alkyl carbamates (subject to hydrolysis) is 1. The number of carbonyl (C=O) groups excluding carboxylic acids is 2. The Labute approximate surface area is 169 Å². The predicted molar refractivity (Wildman–Crippen MR) is 109 cm³/mol. The molecule has 1 N–H and O–H groups in total. The molecule has 2 amide bonds. The van der Waals surface area contributed by atoms with Crippen LogP contribution in [0.25, 0.3) is 11.1 Å². The first-order valence-electron chi connectivity index (χ1n) is 10.1. The SMILES string of the molecule is CC(C)(C)OC(=O)NC1CCN(C(=O)CCCn2c(=O)oc3ccccc32)CC1. The highest BCUT2D eigenvalue weighted by molar-refractivity contribution is 5.76. The average Bonchev–Trinajstić information content (AvgIpc) is 2.96. The average molecular weight is 403 g/mol. The Hall–Kier alpha value is -2.77. The van der Waals surface area contributed by atoms with Crippen LogP contribution in [-0.4, -0.2) is 46.2 Å². The van der Waals surface area contributed by atoms with E-state index in [9.17, 15) is 14.4 Å². The number of hydrogen-bond donors (Lipinski definition) is 1. The number of likely N-dealkylation sites (tertiary alicyclic amines) is 1. The number of aryl methyl sites for hydroxylation is 1. The Morgan fingerprint density at radius 3 is 2.59 bits per heavy atom. The van der Waals surface area contributed by atoms with E-state index in [0.717, 1.165) is 5.52 Å². The van der Waals surface area contributed by atoms with Gasteiger partial charge in [-0.05, 0) is 52.2 Å². The Bertz CT molecular complexity index is 916. The summed E-state index contributed by atoms with van der Waals surface area (Å²) in [5, 5.41) is 2.87. The van der Waals surface area contributed by atoms with Crippen LogP contribution in [0.2, 0.25) is 0 Å². The van der Waals surface area contributed by atoms with Gasteiger partial charge in [-0.3, -0.25) is 9.36 Å². The number of para-hydroxylation sites is 2. The van der Waals surface area contributed by atoms with Crippen molar-refractivity contribution in [3.63, 3.8) is 0 Å². The van der Waals surface area contributed by atoms with Crippen molar-refractivity contribution in [1.82, 2.24) is 14.8 Å². The maximum atomic E-state index is 12.5. The van der Waals surface area contributed by atoms with Gasteiger partial charge in [-0.25, -0.2) is 9.59 Å². The molecule has 1 aromatic heterocycles. The summed E-state index contributed by atoms with van der Waals surface area (Å²) in [5.74, 6) is -0.325.